The molecule has 138 valence electrons. The van der Waals surface area contributed by atoms with E-state index in [-0.39, 0.29) is 6.42 Å². The minimum absolute atomic E-state index is 0.275. The molecule has 24 heavy (non-hydrogen) atoms. The number of unbranched alkanes of at least 4 members (excludes halogenated alkanes) is 9. The molecule has 0 rings (SSSR count). The average Bonchev–Trinajstić information content (AvgIpc) is 2.53. The molecule has 0 unspecified atom stereocenters. The highest BCUT2D eigenvalue weighted by atomic mass is 16.4. The van der Waals surface area contributed by atoms with E-state index >= 15 is 0 Å². The summed E-state index contributed by atoms with van der Waals surface area (Å²) in [6.45, 7) is 1.66. The van der Waals surface area contributed by atoms with E-state index in [4.69, 9.17) is 5.11 Å². The molecule has 0 aromatic carbocycles. The van der Waals surface area contributed by atoms with Gasteiger partial charge in [0.1, 0.15) is 5.78 Å². The van der Waals surface area contributed by atoms with Crippen molar-refractivity contribution in [2.24, 2.45) is 0 Å². The van der Waals surface area contributed by atoms with Gasteiger partial charge in [-0.15, -0.1) is 0 Å². The molecule has 0 amide bonds. The summed E-state index contributed by atoms with van der Waals surface area (Å²) in [4.78, 5) is 21.1. The van der Waals surface area contributed by atoms with Crippen molar-refractivity contribution in [1.82, 2.24) is 0 Å². The van der Waals surface area contributed by atoms with Gasteiger partial charge in [0.15, 0.2) is 0 Å². The molecule has 0 aromatic heterocycles. The van der Waals surface area contributed by atoms with E-state index in [1.807, 2.05) is 0 Å². The Labute approximate surface area is 148 Å². The van der Waals surface area contributed by atoms with Gasteiger partial charge < -0.3 is 9.90 Å². The Kier molecular flexibility index (Phi) is 16.9. The molecule has 0 heterocycles. The van der Waals surface area contributed by atoms with Crippen LogP contribution in [0.15, 0.2) is 24.3 Å². The zero-order valence-electron chi connectivity index (χ0n) is 15.5. The topological polar surface area (TPSA) is 54.4 Å². The highest BCUT2D eigenvalue weighted by Gasteiger charge is 1.94. The molecule has 0 aliphatic carbocycles. The molecule has 0 aliphatic rings. The Bertz CT molecular complexity index is 369. The molecule has 0 atom stereocenters. The van der Waals surface area contributed by atoms with Gasteiger partial charge in [-0.1, -0.05) is 43.6 Å². The summed E-state index contributed by atoms with van der Waals surface area (Å²) in [5, 5.41) is 8.52. The average molecular weight is 337 g/mol. The van der Waals surface area contributed by atoms with Crippen LogP contribution < -0.4 is 0 Å². The second-order valence-electron chi connectivity index (χ2n) is 6.52. The summed E-state index contributed by atoms with van der Waals surface area (Å²) in [6.07, 6.45) is 23.4. The smallest absolute Gasteiger partial charge is 0.303 e. The van der Waals surface area contributed by atoms with Crippen molar-refractivity contribution in [2.75, 3.05) is 0 Å². The minimum atomic E-state index is -0.703. The first-order chi connectivity index (χ1) is 11.6. The lowest BCUT2D eigenvalue weighted by Gasteiger charge is -1.98. The number of aliphatic carboxylic acids is 1. The van der Waals surface area contributed by atoms with E-state index in [1.54, 1.807) is 6.92 Å². The number of carbonyl (C=O) groups excluding carboxylic acids is 1. The fourth-order valence-corrected chi connectivity index (χ4v) is 2.53. The Balaban J connectivity index is 3.18. The predicted molar refractivity (Wildman–Crippen MR) is 101 cm³/mol. The van der Waals surface area contributed by atoms with Gasteiger partial charge in [0.05, 0.1) is 0 Å². The van der Waals surface area contributed by atoms with E-state index in [9.17, 15) is 9.59 Å². The molecular formula is C21H36O3. The van der Waals surface area contributed by atoms with Crippen LogP contribution in [0.5, 0.6) is 0 Å². The van der Waals surface area contributed by atoms with Gasteiger partial charge in [-0.05, 0) is 64.7 Å². The fourth-order valence-electron chi connectivity index (χ4n) is 2.53. The largest absolute Gasteiger partial charge is 0.481 e. The molecule has 1 N–H and O–H groups in total. The molecule has 0 radical (unpaired) electrons. The first-order valence-corrected chi connectivity index (χ1v) is 9.64. The van der Waals surface area contributed by atoms with Crippen molar-refractivity contribution < 1.29 is 14.7 Å². The second kappa shape index (κ2) is 18.0. The summed E-state index contributed by atoms with van der Waals surface area (Å²) < 4.78 is 0. The van der Waals surface area contributed by atoms with Gasteiger partial charge in [0, 0.05) is 12.8 Å². The lowest BCUT2D eigenvalue weighted by Crippen LogP contribution is -1.92. The molecule has 0 fully saturated rings. The number of Topliss-reactive ketones (excluding diaryl/α,β-unsaturated/α-hetero) is 1. The van der Waals surface area contributed by atoms with Crippen molar-refractivity contribution >= 4 is 11.8 Å². The number of carboxylic acids is 1. The maximum absolute atomic E-state index is 10.8. The Morgan fingerprint density at radius 2 is 1.04 bits per heavy atom. The predicted octanol–water partition coefficient (Wildman–Crippen LogP) is 6.23. The van der Waals surface area contributed by atoms with Gasteiger partial charge in [0.2, 0.25) is 0 Å². The molecule has 0 spiro atoms. The van der Waals surface area contributed by atoms with Crippen LogP contribution >= 0.6 is 0 Å². The van der Waals surface area contributed by atoms with Crippen LogP contribution in [0.25, 0.3) is 0 Å². The highest BCUT2D eigenvalue weighted by molar-refractivity contribution is 5.75. The SMILES string of the molecule is CC(=O)CCCC/C=C\CCCCCCC/C=C\CCCC(=O)O. The number of allylic oxidation sites excluding steroid dienone is 4. The van der Waals surface area contributed by atoms with E-state index in [2.05, 4.69) is 24.3 Å². The van der Waals surface area contributed by atoms with Crippen molar-refractivity contribution in [3.05, 3.63) is 24.3 Å². The fraction of sp³-hybridized carbons (Fsp3) is 0.714. The number of carbonyl (C=O) groups is 2. The molecule has 0 saturated carbocycles. The summed E-state index contributed by atoms with van der Waals surface area (Å²) >= 11 is 0. The van der Waals surface area contributed by atoms with Crippen LogP contribution in [-0.4, -0.2) is 16.9 Å². The molecular weight excluding hydrogens is 300 g/mol. The Morgan fingerprint density at radius 3 is 1.50 bits per heavy atom. The van der Waals surface area contributed by atoms with Crippen LogP contribution in [0.2, 0.25) is 0 Å². The van der Waals surface area contributed by atoms with Gasteiger partial charge in [0.25, 0.3) is 0 Å². The summed E-state index contributed by atoms with van der Waals surface area (Å²) in [7, 11) is 0. The van der Waals surface area contributed by atoms with Gasteiger partial charge in [-0.25, -0.2) is 0 Å². The maximum atomic E-state index is 10.8. The van der Waals surface area contributed by atoms with Gasteiger partial charge >= 0.3 is 5.97 Å². The van der Waals surface area contributed by atoms with Crippen molar-refractivity contribution in [1.29, 1.82) is 0 Å². The third kappa shape index (κ3) is 20.6. The van der Waals surface area contributed by atoms with Crippen LogP contribution in [-0.2, 0) is 9.59 Å². The first kappa shape index (κ1) is 22.6. The van der Waals surface area contributed by atoms with E-state index in [0.29, 0.717) is 5.78 Å². The number of ketones is 1. The maximum Gasteiger partial charge on any atom is 0.303 e. The van der Waals surface area contributed by atoms with Crippen LogP contribution in [0, 0.1) is 0 Å². The third-order valence-electron chi connectivity index (χ3n) is 3.99. The lowest BCUT2D eigenvalue weighted by molar-refractivity contribution is -0.137. The summed E-state index contributed by atoms with van der Waals surface area (Å²) in [6, 6.07) is 0. The number of hydrogen-bond donors (Lipinski definition) is 1. The monoisotopic (exact) mass is 336 g/mol. The van der Waals surface area contributed by atoms with Crippen LogP contribution in [0.3, 0.4) is 0 Å². The normalized spacial score (nSPS) is 11.5. The van der Waals surface area contributed by atoms with Crippen LogP contribution in [0.4, 0.5) is 0 Å². The molecule has 0 bridgehead atoms. The van der Waals surface area contributed by atoms with E-state index in [0.717, 1.165) is 44.9 Å². The van der Waals surface area contributed by atoms with Crippen molar-refractivity contribution in [3.8, 4) is 0 Å². The van der Waals surface area contributed by atoms with E-state index < -0.39 is 5.97 Å². The van der Waals surface area contributed by atoms with Crippen LogP contribution in [0.1, 0.15) is 96.8 Å². The van der Waals surface area contributed by atoms with E-state index in [1.165, 1.54) is 38.5 Å². The van der Waals surface area contributed by atoms with Gasteiger partial charge in [-0.2, -0.15) is 0 Å². The molecule has 3 heteroatoms. The molecule has 0 aromatic rings. The van der Waals surface area contributed by atoms with Gasteiger partial charge in [-0.3, -0.25) is 4.79 Å². The first-order valence-electron chi connectivity index (χ1n) is 9.64. The summed E-state index contributed by atoms with van der Waals surface area (Å²) in [5.41, 5.74) is 0. The zero-order chi connectivity index (χ0) is 17.9. The molecule has 0 saturated heterocycles. The molecule has 0 aliphatic heterocycles. The molecule has 3 nitrogen and oxygen atoms in total. The number of carboxylic acid groups (broad SMARTS) is 1. The Hall–Kier alpha value is -1.38. The number of rotatable bonds is 17. The second-order valence-corrected chi connectivity index (χ2v) is 6.52. The quantitative estimate of drug-likeness (QED) is 0.253. The van der Waals surface area contributed by atoms with Crippen molar-refractivity contribution in [2.45, 2.75) is 96.8 Å². The lowest BCUT2D eigenvalue weighted by atomic mass is 10.1. The minimum Gasteiger partial charge on any atom is -0.481 e. The zero-order valence-corrected chi connectivity index (χ0v) is 15.5. The standard InChI is InChI=1S/C21H36O3/c1-20(22)18-16-14-12-10-8-6-4-2-3-5-7-9-11-13-15-17-19-21(23)24/h8,10-11,13H,2-7,9,12,14-19H2,1H3,(H,23,24)/b10-8-,13-11-. The third-order valence-corrected chi connectivity index (χ3v) is 3.99. The highest BCUT2D eigenvalue weighted by Crippen LogP contribution is 2.09. The Morgan fingerprint density at radius 1 is 0.625 bits per heavy atom. The number of hydrogen-bond acceptors (Lipinski definition) is 2. The summed E-state index contributed by atoms with van der Waals surface area (Å²) in [5.74, 6) is -0.404. The van der Waals surface area contributed by atoms with Crippen molar-refractivity contribution in [3.63, 3.8) is 0 Å².